The first-order valence-electron chi connectivity index (χ1n) is 5.90. The molecule has 17 heavy (non-hydrogen) atoms. The van der Waals surface area contributed by atoms with Crippen LogP contribution in [0.1, 0.15) is 27.7 Å². The number of methoxy groups -OCH3 is 1. The van der Waals surface area contributed by atoms with Crippen LogP contribution < -0.4 is 0 Å². The minimum atomic E-state index is -2.07. The van der Waals surface area contributed by atoms with E-state index in [9.17, 15) is 4.79 Å². The van der Waals surface area contributed by atoms with Crippen LogP contribution in [-0.2, 0) is 14.0 Å². The third-order valence-corrected chi connectivity index (χ3v) is 8.13. The van der Waals surface area contributed by atoms with Gasteiger partial charge in [-0.1, -0.05) is 33.8 Å². The summed E-state index contributed by atoms with van der Waals surface area (Å²) in [6.07, 6.45) is 2.44. The van der Waals surface area contributed by atoms with E-state index < -0.39 is 14.1 Å². The molecule has 4 heteroatoms. The lowest BCUT2D eigenvalue weighted by Gasteiger charge is -2.44. The zero-order valence-corrected chi connectivity index (χ0v) is 13.2. The van der Waals surface area contributed by atoms with E-state index in [2.05, 4.69) is 40.4 Å². The Kier molecular flexibility index (Phi) is 5.31. The second-order valence-electron chi connectivity index (χ2n) is 5.93. The van der Waals surface area contributed by atoms with Gasteiger partial charge in [-0.25, -0.2) is 0 Å². The van der Waals surface area contributed by atoms with E-state index in [0.717, 1.165) is 6.29 Å². The van der Waals surface area contributed by atoms with Crippen LogP contribution in [0, 0.1) is 5.92 Å². The van der Waals surface area contributed by atoms with Gasteiger partial charge in [0.1, 0.15) is 0 Å². The Morgan fingerprint density at radius 2 is 1.76 bits per heavy atom. The normalized spacial score (nSPS) is 18.3. The zero-order valence-electron chi connectivity index (χ0n) is 12.2. The smallest absolute Gasteiger partial charge is 0.222 e. The van der Waals surface area contributed by atoms with E-state index in [1.807, 2.05) is 6.92 Å². The number of aldehydes is 1. The van der Waals surface area contributed by atoms with E-state index in [-0.39, 0.29) is 11.0 Å². The van der Waals surface area contributed by atoms with Crippen molar-refractivity contribution in [2.75, 3.05) is 7.11 Å². The van der Waals surface area contributed by atoms with E-state index in [0.29, 0.717) is 0 Å². The van der Waals surface area contributed by atoms with Crippen LogP contribution in [0.25, 0.3) is 0 Å². The molecule has 0 amide bonds. The maximum absolute atomic E-state index is 11.4. The lowest BCUT2D eigenvalue weighted by molar-refractivity contribution is -0.187. The van der Waals surface area contributed by atoms with Crippen molar-refractivity contribution in [1.29, 1.82) is 0 Å². The topological polar surface area (TPSA) is 35.5 Å². The second-order valence-corrected chi connectivity index (χ2v) is 10.7. The maximum Gasteiger partial charge on any atom is 0.222 e. The first kappa shape index (κ1) is 16.5. The highest BCUT2D eigenvalue weighted by molar-refractivity contribution is 6.74. The van der Waals surface area contributed by atoms with Gasteiger partial charge in [0.05, 0.1) is 0 Å². The zero-order chi connectivity index (χ0) is 13.9. The minimum Gasteiger partial charge on any atom is -0.384 e. The van der Waals surface area contributed by atoms with Gasteiger partial charge in [0.25, 0.3) is 0 Å². The predicted molar refractivity (Wildman–Crippen MR) is 73.4 cm³/mol. The van der Waals surface area contributed by atoms with Gasteiger partial charge in [0.2, 0.25) is 5.79 Å². The van der Waals surface area contributed by atoms with Crippen LogP contribution in [0.3, 0.4) is 0 Å². The monoisotopic (exact) mass is 258 g/mol. The molecule has 0 heterocycles. The van der Waals surface area contributed by atoms with Gasteiger partial charge in [-0.3, -0.25) is 4.79 Å². The number of rotatable bonds is 6. The second kappa shape index (κ2) is 5.46. The van der Waals surface area contributed by atoms with E-state index >= 15 is 0 Å². The third-order valence-electron chi connectivity index (χ3n) is 3.69. The average molecular weight is 258 g/mol. The van der Waals surface area contributed by atoms with Crippen molar-refractivity contribution in [3.05, 3.63) is 12.7 Å². The molecule has 0 bridgehead atoms. The standard InChI is InChI=1S/C13H26O3Si/c1-9-11(2)13(10-14,15-6)16-17(7,8)12(3,4)5/h9-11H,1H2,2-8H3. The third kappa shape index (κ3) is 3.50. The van der Waals surface area contributed by atoms with Crippen LogP contribution in [0.4, 0.5) is 0 Å². The van der Waals surface area contributed by atoms with Gasteiger partial charge in [-0.2, -0.15) is 0 Å². The lowest BCUT2D eigenvalue weighted by Crippen LogP contribution is -2.54. The summed E-state index contributed by atoms with van der Waals surface area (Å²) in [5.74, 6) is -1.38. The summed E-state index contributed by atoms with van der Waals surface area (Å²) >= 11 is 0. The predicted octanol–water partition coefficient (Wildman–Crippen LogP) is 3.37. The molecule has 3 nitrogen and oxygen atoms in total. The Morgan fingerprint density at radius 1 is 1.29 bits per heavy atom. The van der Waals surface area contributed by atoms with Crippen molar-refractivity contribution in [2.45, 2.75) is 51.6 Å². The molecule has 100 valence electrons. The Labute approximate surface area is 106 Å². The van der Waals surface area contributed by atoms with E-state index in [1.54, 1.807) is 6.08 Å². The summed E-state index contributed by atoms with van der Waals surface area (Å²) in [4.78, 5) is 11.4. The number of hydrogen-bond acceptors (Lipinski definition) is 3. The summed E-state index contributed by atoms with van der Waals surface area (Å²) in [7, 11) is -0.564. The molecule has 0 aromatic heterocycles. The van der Waals surface area contributed by atoms with Crippen LogP contribution in [0.2, 0.25) is 18.1 Å². The Bertz CT molecular complexity index is 281. The molecule has 0 aliphatic heterocycles. The summed E-state index contributed by atoms with van der Waals surface area (Å²) in [5.41, 5.74) is 0. The highest BCUT2D eigenvalue weighted by Crippen LogP contribution is 2.40. The van der Waals surface area contributed by atoms with Gasteiger partial charge >= 0.3 is 0 Å². The molecule has 0 radical (unpaired) electrons. The number of ether oxygens (including phenoxy) is 1. The van der Waals surface area contributed by atoms with Gasteiger partial charge in [0.15, 0.2) is 14.6 Å². The lowest BCUT2D eigenvalue weighted by atomic mass is 10.0. The number of hydrogen-bond donors (Lipinski definition) is 0. The molecule has 2 unspecified atom stereocenters. The fourth-order valence-electron chi connectivity index (χ4n) is 1.22. The minimum absolute atomic E-state index is 0.0285. The Morgan fingerprint density at radius 3 is 2.00 bits per heavy atom. The molecular formula is C13H26O3Si. The first-order chi connectivity index (χ1) is 7.56. The quantitative estimate of drug-likeness (QED) is 0.317. The first-order valence-corrected chi connectivity index (χ1v) is 8.81. The van der Waals surface area contributed by atoms with Crippen molar-refractivity contribution in [3.63, 3.8) is 0 Å². The molecule has 0 aromatic carbocycles. The van der Waals surface area contributed by atoms with E-state index in [4.69, 9.17) is 9.16 Å². The molecule has 0 rings (SSSR count). The van der Waals surface area contributed by atoms with E-state index in [1.165, 1.54) is 7.11 Å². The molecule has 0 aromatic rings. The average Bonchev–Trinajstić information content (AvgIpc) is 2.23. The molecule has 0 fully saturated rings. The van der Waals surface area contributed by atoms with Gasteiger partial charge in [-0.05, 0) is 18.1 Å². The van der Waals surface area contributed by atoms with Crippen LogP contribution in [0.15, 0.2) is 12.7 Å². The molecule has 0 aliphatic carbocycles. The van der Waals surface area contributed by atoms with Crippen molar-refractivity contribution >= 4 is 14.6 Å². The maximum atomic E-state index is 11.4. The van der Waals surface area contributed by atoms with Crippen molar-refractivity contribution in [3.8, 4) is 0 Å². The van der Waals surface area contributed by atoms with Crippen molar-refractivity contribution in [2.24, 2.45) is 5.92 Å². The van der Waals surface area contributed by atoms with Gasteiger partial charge in [0, 0.05) is 13.0 Å². The molecule has 0 N–H and O–H groups in total. The summed E-state index contributed by atoms with van der Waals surface area (Å²) in [6, 6.07) is 0. The van der Waals surface area contributed by atoms with Gasteiger partial charge < -0.3 is 9.16 Å². The molecular weight excluding hydrogens is 232 g/mol. The fourth-order valence-corrected chi connectivity index (χ4v) is 2.64. The molecule has 0 spiro atoms. The van der Waals surface area contributed by atoms with Gasteiger partial charge in [-0.15, -0.1) is 6.58 Å². The highest BCUT2D eigenvalue weighted by atomic mass is 28.4. The fraction of sp³-hybridized carbons (Fsp3) is 0.769. The summed E-state index contributed by atoms with van der Waals surface area (Å²) in [5, 5.41) is 0.0285. The largest absolute Gasteiger partial charge is 0.384 e. The molecule has 2 atom stereocenters. The Balaban J connectivity index is 5.27. The molecule has 0 saturated carbocycles. The van der Waals surface area contributed by atoms with Crippen molar-refractivity contribution < 1.29 is 14.0 Å². The van der Waals surface area contributed by atoms with Crippen LogP contribution >= 0.6 is 0 Å². The molecule has 0 saturated heterocycles. The highest BCUT2D eigenvalue weighted by Gasteiger charge is 2.47. The number of carbonyl (C=O) groups excluding carboxylic acids is 1. The SMILES string of the molecule is C=CC(C)C(C=O)(OC)O[Si](C)(C)C(C)(C)C. The summed E-state index contributed by atoms with van der Waals surface area (Å²) in [6.45, 7) is 16.2. The molecule has 0 aliphatic rings. The van der Waals surface area contributed by atoms with Crippen molar-refractivity contribution in [1.82, 2.24) is 0 Å². The van der Waals surface area contributed by atoms with Crippen LogP contribution in [0.5, 0.6) is 0 Å². The summed E-state index contributed by atoms with van der Waals surface area (Å²) < 4.78 is 11.5. The number of carbonyl (C=O) groups is 1. The Hall–Kier alpha value is -0.453. The van der Waals surface area contributed by atoms with Crippen LogP contribution in [-0.4, -0.2) is 27.5 Å².